The maximum Gasteiger partial charge on any atom is 0.242 e. The average Bonchev–Trinajstić information content (AvgIpc) is 2.71. The monoisotopic (exact) mass is 444 g/mol. The van der Waals surface area contributed by atoms with Gasteiger partial charge in [0.25, 0.3) is 0 Å². The van der Waals surface area contributed by atoms with Crippen LogP contribution in [0.3, 0.4) is 0 Å². The Hall–Kier alpha value is -2.14. The number of hydrogen-bond acceptors (Lipinski definition) is 2. The maximum absolute atomic E-state index is 13.0. The van der Waals surface area contributed by atoms with Crippen LogP contribution in [-0.2, 0) is 29.0 Å². The van der Waals surface area contributed by atoms with E-state index in [4.69, 9.17) is 0 Å². The number of carbonyl (C=O) groups excluding carboxylic acids is 2. The molecule has 150 valence electrons. The largest absolute Gasteiger partial charge is 0.355 e. The SMILES string of the molecule is CCNC(=O)C(C)N(Cc1ccc(Br)cc1)C(=O)CCc1ccc(CC)cc1. The van der Waals surface area contributed by atoms with E-state index in [0.29, 0.717) is 25.9 Å². The number of hydrogen-bond donors (Lipinski definition) is 1. The van der Waals surface area contributed by atoms with Gasteiger partial charge in [0.05, 0.1) is 0 Å². The second-order valence-corrected chi connectivity index (χ2v) is 7.80. The van der Waals surface area contributed by atoms with Gasteiger partial charge in [-0.2, -0.15) is 0 Å². The van der Waals surface area contributed by atoms with Crippen molar-refractivity contribution in [2.24, 2.45) is 0 Å². The fourth-order valence-electron chi connectivity index (χ4n) is 3.03. The summed E-state index contributed by atoms with van der Waals surface area (Å²) in [4.78, 5) is 27.0. The first kappa shape index (κ1) is 22.2. The highest BCUT2D eigenvalue weighted by molar-refractivity contribution is 9.10. The van der Waals surface area contributed by atoms with E-state index in [-0.39, 0.29) is 11.8 Å². The van der Waals surface area contributed by atoms with Crippen molar-refractivity contribution in [3.05, 3.63) is 69.7 Å². The fraction of sp³-hybridized carbons (Fsp3) is 0.391. The first-order valence-electron chi connectivity index (χ1n) is 9.84. The van der Waals surface area contributed by atoms with E-state index in [1.54, 1.807) is 11.8 Å². The molecule has 2 amide bonds. The maximum atomic E-state index is 13.0. The van der Waals surface area contributed by atoms with Crippen LogP contribution in [0.4, 0.5) is 0 Å². The number of benzene rings is 2. The summed E-state index contributed by atoms with van der Waals surface area (Å²) in [5, 5.41) is 2.82. The Labute approximate surface area is 176 Å². The molecule has 5 heteroatoms. The Morgan fingerprint density at radius 3 is 2.11 bits per heavy atom. The number of aryl methyl sites for hydroxylation is 2. The molecule has 2 rings (SSSR count). The zero-order chi connectivity index (χ0) is 20.5. The van der Waals surface area contributed by atoms with Crippen LogP contribution in [-0.4, -0.2) is 29.3 Å². The summed E-state index contributed by atoms with van der Waals surface area (Å²) in [5.41, 5.74) is 3.43. The number of rotatable bonds is 9. The summed E-state index contributed by atoms with van der Waals surface area (Å²) < 4.78 is 0.987. The lowest BCUT2D eigenvalue weighted by Gasteiger charge is -2.29. The van der Waals surface area contributed by atoms with Gasteiger partial charge in [0, 0.05) is 24.0 Å². The molecule has 0 aliphatic carbocycles. The van der Waals surface area contributed by atoms with Crippen molar-refractivity contribution < 1.29 is 9.59 Å². The Kier molecular flexibility index (Phi) is 8.71. The van der Waals surface area contributed by atoms with Crippen LogP contribution in [0.5, 0.6) is 0 Å². The van der Waals surface area contributed by atoms with Gasteiger partial charge < -0.3 is 10.2 Å². The van der Waals surface area contributed by atoms with Crippen LogP contribution in [0.25, 0.3) is 0 Å². The molecule has 0 aliphatic rings. The molecule has 0 fully saturated rings. The smallest absolute Gasteiger partial charge is 0.242 e. The minimum absolute atomic E-state index is 0.0127. The topological polar surface area (TPSA) is 49.4 Å². The third kappa shape index (κ3) is 6.48. The number of nitrogens with one attached hydrogen (secondary N) is 1. The van der Waals surface area contributed by atoms with Gasteiger partial charge in [-0.15, -0.1) is 0 Å². The highest BCUT2D eigenvalue weighted by Gasteiger charge is 2.25. The van der Waals surface area contributed by atoms with E-state index in [9.17, 15) is 9.59 Å². The van der Waals surface area contributed by atoms with Crippen molar-refractivity contribution in [2.45, 2.75) is 52.6 Å². The summed E-state index contributed by atoms with van der Waals surface area (Å²) in [6, 6.07) is 15.7. The summed E-state index contributed by atoms with van der Waals surface area (Å²) in [6.45, 7) is 6.76. The van der Waals surface area contributed by atoms with E-state index < -0.39 is 6.04 Å². The molecule has 0 saturated heterocycles. The van der Waals surface area contributed by atoms with E-state index in [0.717, 1.165) is 22.0 Å². The molecule has 0 aromatic heterocycles. The van der Waals surface area contributed by atoms with Crippen molar-refractivity contribution in [3.8, 4) is 0 Å². The highest BCUT2D eigenvalue weighted by Crippen LogP contribution is 2.16. The van der Waals surface area contributed by atoms with Gasteiger partial charge in [-0.25, -0.2) is 0 Å². The van der Waals surface area contributed by atoms with Gasteiger partial charge in [0.15, 0.2) is 0 Å². The quantitative estimate of drug-likeness (QED) is 0.618. The molecule has 0 radical (unpaired) electrons. The lowest BCUT2D eigenvalue weighted by molar-refractivity contribution is -0.140. The zero-order valence-electron chi connectivity index (χ0n) is 16.9. The van der Waals surface area contributed by atoms with Gasteiger partial charge >= 0.3 is 0 Å². The standard InChI is InChI=1S/C23H29BrN2O2/c1-4-18-6-8-19(9-7-18)12-15-22(27)26(17(3)23(28)25-5-2)16-20-10-13-21(24)14-11-20/h6-11,13-14,17H,4-5,12,15-16H2,1-3H3,(H,25,28). The number of nitrogens with zero attached hydrogens (tertiary/aromatic N) is 1. The molecule has 4 nitrogen and oxygen atoms in total. The normalized spacial score (nSPS) is 11.7. The summed E-state index contributed by atoms with van der Waals surface area (Å²) in [6.07, 6.45) is 2.05. The first-order valence-corrected chi connectivity index (χ1v) is 10.6. The van der Waals surface area contributed by atoms with Gasteiger partial charge in [-0.1, -0.05) is 59.3 Å². The van der Waals surface area contributed by atoms with Gasteiger partial charge in [0.1, 0.15) is 6.04 Å². The Balaban J connectivity index is 2.10. The fourth-order valence-corrected chi connectivity index (χ4v) is 3.29. The molecule has 1 atom stereocenters. The summed E-state index contributed by atoms with van der Waals surface area (Å²) in [7, 11) is 0. The number of carbonyl (C=O) groups is 2. The lowest BCUT2D eigenvalue weighted by Crippen LogP contribution is -2.47. The Morgan fingerprint density at radius 2 is 1.54 bits per heavy atom. The van der Waals surface area contributed by atoms with Crippen LogP contribution in [0.15, 0.2) is 53.0 Å². The van der Waals surface area contributed by atoms with Crippen LogP contribution >= 0.6 is 15.9 Å². The minimum Gasteiger partial charge on any atom is -0.355 e. The lowest BCUT2D eigenvalue weighted by atomic mass is 10.0. The highest BCUT2D eigenvalue weighted by atomic mass is 79.9. The third-order valence-electron chi connectivity index (χ3n) is 4.84. The van der Waals surface area contributed by atoms with E-state index >= 15 is 0 Å². The minimum atomic E-state index is -0.515. The molecule has 2 aromatic rings. The molecular weight excluding hydrogens is 416 g/mol. The van der Waals surface area contributed by atoms with Crippen molar-refractivity contribution in [3.63, 3.8) is 0 Å². The second-order valence-electron chi connectivity index (χ2n) is 6.89. The number of likely N-dealkylation sites (N-methyl/N-ethyl adjacent to an activating group) is 1. The van der Waals surface area contributed by atoms with E-state index in [1.807, 2.05) is 31.2 Å². The number of amides is 2. The molecule has 0 bridgehead atoms. The van der Waals surface area contributed by atoms with Crippen LogP contribution < -0.4 is 5.32 Å². The predicted molar refractivity (Wildman–Crippen MR) is 117 cm³/mol. The van der Waals surface area contributed by atoms with Crippen LogP contribution in [0.2, 0.25) is 0 Å². The first-order chi connectivity index (χ1) is 13.4. The Bertz CT molecular complexity index is 772. The molecular formula is C23H29BrN2O2. The molecule has 0 spiro atoms. The van der Waals surface area contributed by atoms with Crippen molar-refractivity contribution >= 4 is 27.7 Å². The zero-order valence-corrected chi connectivity index (χ0v) is 18.5. The molecule has 1 unspecified atom stereocenters. The van der Waals surface area contributed by atoms with Crippen molar-refractivity contribution in [2.75, 3.05) is 6.54 Å². The van der Waals surface area contributed by atoms with Gasteiger partial charge in [0.2, 0.25) is 11.8 Å². The predicted octanol–water partition coefficient (Wildman–Crippen LogP) is 4.50. The van der Waals surface area contributed by atoms with Crippen LogP contribution in [0, 0.1) is 0 Å². The molecule has 0 heterocycles. The summed E-state index contributed by atoms with van der Waals surface area (Å²) >= 11 is 3.43. The van der Waals surface area contributed by atoms with Crippen molar-refractivity contribution in [1.82, 2.24) is 10.2 Å². The average molecular weight is 445 g/mol. The van der Waals surface area contributed by atoms with Gasteiger partial charge in [-0.05, 0) is 55.5 Å². The van der Waals surface area contributed by atoms with Crippen molar-refractivity contribution in [1.29, 1.82) is 0 Å². The molecule has 1 N–H and O–H groups in total. The number of halogens is 1. The van der Waals surface area contributed by atoms with Gasteiger partial charge in [-0.3, -0.25) is 9.59 Å². The molecule has 0 aliphatic heterocycles. The van der Waals surface area contributed by atoms with E-state index in [2.05, 4.69) is 52.4 Å². The second kappa shape index (κ2) is 11.0. The van der Waals surface area contributed by atoms with Crippen LogP contribution in [0.1, 0.15) is 43.9 Å². The van der Waals surface area contributed by atoms with E-state index in [1.165, 1.54) is 5.56 Å². The summed E-state index contributed by atoms with van der Waals surface area (Å²) in [5.74, 6) is -0.137. The molecule has 0 saturated carbocycles. The molecule has 28 heavy (non-hydrogen) atoms. The molecule has 2 aromatic carbocycles. The Morgan fingerprint density at radius 1 is 0.964 bits per heavy atom. The third-order valence-corrected chi connectivity index (χ3v) is 5.37.